The number of nitrogens with zero attached hydrogens (tertiary/aromatic N) is 1. The Labute approximate surface area is 147 Å². The van der Waals surface area contributed by atoms with Gasteiger partial charge in [-0.2, -0.15) is 0 Å². The number of hydrogen-bond donors (Lipinski definition) is 1. The van der Waals surface area contributed by atoms with Crippen LogP contribution in [0.5, 0.6) is 11.5 Å². The highest BCUT2D eigenvalue weighted by Crippen LogP contribution is 2.42. The molecule has 1 fully saturated rings. The number of benzene rings is 1. The standard InChI is InChI=1S/C18H24N2O5/c1-4-18(2)24-14-8-7-13(10-15(14)25-18)19-17(22)20-9-5-6-12(11-20)16(21)23-3/h7-8,10,12H,4-6,9,11H2,1-3H3,(H,19,22)/t12-,18+/m0/s1. The Hall–Kier alpha value is -2.44. The molecule has 0 spiro atoms. The molecule has 7 heteroatoms. The Balaban J connectivity index is 1.64. The summed E-state index contributed by atoms with van der Waals surface area (Å²) in [5.74, 6) is 0.108. The van der Waals surface area contributed by atoms with E-state index in [2.05, 4.69) is 5.32 Å². The third-order valence-corrected chi connectivity index (χ3v) is 4.73. The Morgan fingerprint density at radius 2 is 2.12 bits per heavy atom. The lowest BCUT2D eigenvalue weighted by molar-refractivity contribution is -0.146. The van der Waals surface area contributed by atoms with Crippen molar-refractivity contribution in [3.8, 4) is 11.5 Å². The van der Waals surface area contributed by atoms with Gasteiger partial charge < -0.3 is 24.4 Å². The lowest BCUT2D eigenvalue weighted by Gasteiger charge is -2.31. The fraction of sp³-hybridized carbons (Fsp3) is 0.556. The average Bonchev–Trinajstić information content (AvgIpc) is 2.97. The molecule has 0 radical (unpaired) electrons. The van der Waals surface area contributed by atoms with Gasteiger partial charge in [-0.1, -0.05) is 6.92 Å². The number of esters is 1. The van der Waals surface area contributed by atoms with Gasteiger partial charge in [0.1, 0.15) is 0 Å². The number of nitrogens with one attached hydrogen (secondary N) is 1. The van der Waals surface area contributed by atoms with E-state index in [1.54, 1.807) is 23.1 Å². The Morgan fingerprint density at radius 3 is 2.84 bits per heavy atom. The van der Waals surface area contributed by atoms with E-state index in [-0.39, 0.29) is 17.9 Å². The molecule has 2 heterocycles. The predicted molar refractivity (Wildman–Crippen MR) is 91.7 cm³/mol. The first-order chi connectivity index (χ1) is 11.9. The summed E-state index contributed by atoms with van der Waals surface area (Å²) in [6.07, 6.45) is 2.24. The maximum atomic E-state index is 12.5. The number of methoxy groups -OCH3 is 1. The second-order valence-electron chi connectivity index (χ2n) is 6.59. The molecule has 0 bridgehead atoms. The molecule has 0 aromatic heterocycles. The van der Waals surface area contributed by atoms with Gasteiger partial charge >= 0.3 is 12.0 Å². The minimum absolute atomic E-state index is 0.231. The van der Waals surface area contributed by atoms with Crippen LogP contribution >= 0.6 is 0 Å². The summed E-state index contributed by atoms with van der Waals surface area (Å²) in [6, 6.07) is 5.10. The Morgan fingerprint density at radius 1 is 1.36 bits per heavy atom. The van der Waals surface area contributed by atoms with E-state index >= 15 is 0 Å². The van der Waals surface area contributed by atoms with Gasteiger partial charge in [0.25, 0.3) is 0 Å². The normalized spacial score (nSPS) is 24.8. The van der Waals surface area contributed by atoms with E-state index in [1.165, 1.54) is 7.11 Å². The van der Waals surface area contributed by atoms with E-state index in [1.807, 2.05) is 13.8 Å². The van der Waals surface area contributed by atoms with Crippen LogP contribution in [0.4, 0.5) is 10.5 Å². The monoisotopic (exact) mass is 348 g/mol. The number of carbonyl (C=O) groups excluding carboxylic acids is 2. The van der Waals surface area contributed by atoms with Crippen LogP contribution in [0.1, 0.15) is 33.1 Å². The van der Waals surface area contributed by atoms with Crippen molar-refractivity contribution in [2.45, 2.75) is 38.9 Å². The number of rotatable bonds is 3. The summed E-state index contributed by atoms with van der Waals surface area (Å²) < 4.78 is 16.4. The zero-order valence-electron chi connectivity index (χ0n) is 14.8. The maximum absolute atomic E-state index is 12.5. The van der Waals surface area contributed by atoms with Crippen LogP contribution in [0.3, 0.4) is 0 Å². The van der Waals surface area contributed by atoms with Crippen molar-refractivity contribution in [1.29, 1.82) is 0 Å². The molecule has 1 N–H and O–H groups in total. The molecular formula is C18H24N2O5. The van der Waals surface area contributed by atoms with Crippen LogP contribution < -0.4 is 14.8 Å². The van der Waals surface area contributed by atoms with Crippen LogP contribution in [0.2, 0.25) is 0 Å². The lowest BCUT2D eigenvalue weighted by Crippen LogP contribution is -2.44. The summed E-state index contributed by atoms with van der Waals surface area (Å²) in [4.78, 5) is 25.8. The number of amides is 2. The molecule has 2 amide bonds. The molecule has 0 saturated carbocycles. The molecule has 25 heavy (non-hydrogen) atoms. The van der Waals surface area contributed by atoms with Crippen molar-refractivity contribution in [2.24, 2.45) is 5.92 Å². The fourth-order valence-corrected chi connectivity index (χ4v) is 3.10. The highest BCUT2D eigenvalue weighted by Gasteiger charge is 2.35. The van der Waals surface area contributed by atoms with E-state index in [4.69, 9.17) is 14.2 Å². The zero-order chi connectivity index (χ0) is 18.0. The zero-order valence-corrected chi connectivity index (χ0v) is 14.8. The van der Waals surface area contributed by atoms with Gasteiger partial charge in [0.2, 0.25) is 5.79 Å². The summed E-state index contributed by atoms with van der Waals surface area (Å²) in [5, 5.41) is 2.86. The predicted octanol–water partition coefficient (Wildman–Crippen LogP) is 3.00. The highest BCUT2D eigenvalue weighted by molar-refractivity contribution is 5.90. The number of likely N-dealkylation sites (tertiary alicyclic amines) is 1. The molecular weight excluding hydrogens is 324 g/mol. The molecule has 2 aliphatic rings. The molecule has 3 rings (SSSR count). The fourth-order valence-electron chi connectivity index (χ4n) is 3.10. The summed E-state index contributed by atoms with van der Waals surface area (Å²) in [6.45, 7) is 4.86. The quantitative estimate of drug-likeness (QED) is 0.850. The first-order valence-electron chi connectivity index (χ1n) is 8.60. The van der Waals surface area contributed by atoms with E-state index in [0.717, 1.165) is 12.8 Å². The van der Waals surface area contributed by atoms with Gasteiger partial charge in [0.15, 0.2) is 11.5 Å². The topological polar surface area (TPSA) is 77.1 Å². The maximum Gasteiger partial charge on any atom is 0.321 e. The van der Waals surface area contributed by atoms with E-state index < -0.39 is 5.79 Å². The minimum Gasteiger partial charge on any atom is -0.469 e. The van der Waals surface area contributed by atoms with Gasteiger partial charge in [0.05, 0.1) is 13.0 Å². The molecule has 1 aromatic rings. The first kappa shape index (κ1) is 17.4. The Kier molecular flexibility index (Phi) is 4.74. The van der Waals surface area contributed by atoms with Crippen molar-refractivity contribution in [1.82, 2.24) is 4.90 Å². The van der Waals surface area contributed by atoms with Crippen molar-refractivity contribution in [3.05, 3.63) is 18.2 Å². The molecule has 2 aliphatic heterocycles. The summed E-state index contributed by atoms with van der Waals surface area (Å²) in [7, 11) is 1.37. The van der Waals surface area contributed by atoms with Crippen LogP contribution in [0.25, 0.3) is 0 Å². The molecule has 7 nitrogen and oxygen atoms in total. The molecule has 1 saturated heterocycles. The van der Waals surface area contributed by atoms with Crippen molar-refractivity contribution < 1.29 is 23.8 Å². The number of anilines is 1. The minimum atomic E-state index is -0.661. The van der Waals surface area contributed by atoms with Crippen LogP contribution in [-0.4, -0.2) is 42.9 Å². The van der Waals surface area contributed by atoms with Crippen molar-refractivity contribution in [2.75, 3.05) is 25.5 Å². The third kappa shape index (κ3) is 3.65. The van der Waals surface area contributed by atoms with Crippen molar-refractivity contribution >= 4 is 17.7 Å². The van der Waals surface area contributed by atoms with Gasteiger partial charge in [-0.15, -0.1) is 0 Å². The Bertz CT molecular complexity index is 677. The highest BCUT2D eigenvalue weighted by atomic mass is 16.7. The number of fused-ring (bicyclic) bond motifs is 1. The first-order valence-corrected chi connectivity index (χ1v) is 8.60. The lowest BCUT2D eigenvalue weighted by atomic mass is 9.98. The third-order valence-electron chi connectivity index (χ3n) is 4.73. The number of urea groups is 1. The number of ether oxygens (including phenoxy) is 3. The number of hydrogen-bond acceptors (Lipinski definition) is 5. The molecule has 1 aromatic carbocycles. The summed E-state index contributed by atoms with van der Waals surface area (Å²) in [5.41, 5.74) is 0.632. The molecule has 136 valence electrons. The van der Waals surface area contributed by atoms with E-state index in [9.17, 15) is 9.59 Å². The van der Waals surface area contributed by atoms with Gasteiger partial charge in [-0.05, 0) is 25.0 Å². The number of piperidine rings is 1. The summed E-state index contributed by atoms with van der Waals surface area (Å²) >= 11 is 0. The molecule has 0 aliphatic carbocycles. The molecule has 0 unspecified atom stereocenters. The largest absolute Gasteiger partial charge is 0.469 e. The SMILES string of the molecule is CC[C@]1(C)Oc2ccc(NC(=O)N3CCC[C@H](C(=O)OC)C3)cc2O1. The average molecular weight is 348 g/mol. The van der Waals surface area contributed by atoms with Crippen LogP contribution in [-0.2, 0) is 9.53 Å². The second kappa shape index (κ2) is 6.82. The van der Waals surface area contributed by atoms with Crippen LogP contribution in [0.15, 0.2) is 18.2 Å². The second-order valence-corrected chi connectivity index (χ2v) is 6.59. The molecule has 2 atom stereocenters. The van der Waals surface area contributed by atoms with E-state index in [0.29, 0.717) is 36.7 Å². The number of carbonyl (C=O) groups is 2. The van der Waals surface area contributed by atoms with Crippen LogP contribution in [0, 0.1) is 5.92 Å². The van der Waals surface area contributed by atoms with Crippen molar-refractivity contribution in [3.63, 3.8) is 0 Å². The van der Waals surface area contributed by atoms with Gasteiger partial charge in [-0.25, -0.2) is 4.79 Å². The van der Waals surface area contributed by atoms with Gasteiger partial charge in [0, 0.05) is 38.2 Å². The smallest absolute Gasteiger partial charge is 0.321 e. The van der Waals surface area contributed by atoms with Gasteiger partial charge in [-0.3, -0.25) is 4.79 Å².